The summed E-state index contributed by atoms with van der Waals surface area (Å²) in [5.41, 5.74) is 0. The van der Waals surface area contributed by atoms with Gasteiger partial charge in [-0.15, -0.1) is 0 Å². The zero-order valence-electron chi connectivity index (χ0n) is 7.20. The van der Waals surface area contributed by atoms with E-state index in [2.05, 4.69) is 0 Å². The van der Waals surface area contributed by atoms with Gasteiger partial charge >= 0.3 is 0 Å². The van der Waals surface area contributed by atoms with Crippen LogP contribution < -0.4 is 0 Å². The summed E-state index contributed by atoms with van der Waals surface area (Å²) in [6.07, 6.45) is -5.76. The van der Waals surface area contributed by atoms with Crippen molar-refractivity contribution >= 4 is 0 Å². The van der Waals surface area contributed by atoms with E-state index in [9.17, 15) is 10.2 Å². The molecule has 78 valence electrons. The van der Waals surface area contributed by atoms with Gasteiger partial charge in [0.05, 0.1) is 6.61 Å². The average molecular weight is 194 g/mol. The van der Waals surface area contributed by atoms with Gasteiger partial charge in [0, 0.05) is 7.11 Å². The number of hydrogen-bond donors (Lipinski definition) is 4. The molecule has 1 rings (SSSR count). The van der Waals surface area contributed by atoms with E-state index in [1.54, 1.807) is 0 Å². The van der Waals surface area contributed by atoms with Crippen molar-refractivity contribution in [2.24, 2.45) is 0 Å². The Morgan fingerprint density at radius 2 is 1.85 bits per heavy atom. The Balaban J connectivity index is 2.69. The minimum atomic E-state index is -1.44. The highest BCUT2D eigenvalue weighted by atomic mass is 16.6. The number of methoxy groups -OCH3 is 1. The third kappa shape index (κ3) is 1.98. The lowest BCUT2D eigenvalue weighted by Crippen LogP contribution is -2.59. The molecular formula is C7H14O6. The summed E-state index contributed by atoms with van der Waals surface area (Å²) in [6.45, 7) is -0.440. The number of hydrogen-bond acceptors (Lipinski definition) is 6. The molecule has 3 unspecified atom stereocenters. The summed E-state index contributed by atoms with van der Waals surface area (Å²) in [4.78, 5) is 0. The molecule has 6 heteroatoms. The van der Waals surface area contributed by atoms with Gasteiger partial charge in [0.15, 0.2) is 6.29 Å². The second-order valence-electron chi connectivity index (χ2n) is 2.93. The topological polar surface area (TPSA) is 99.4 Å². The van der Waals surface area contributed by atoms with Crippen molar-refractivity contribution in [1.82, 2.24) is 0 Å². The van der Waals surface area contributed by atoms with Crippen molar-refractivity contribution in [1.29, 1.82) is 0 Å². The maximum atomic E-state index is 9.44. The fourth-order valence-electron chi connectivity index (χ4n) is 1.35. The van der Waals surface area contributed by atoms with Gasteiger partial charge in [-0.2, -0.15) is 0 Å². The molecule has 6 nitrogen and oxygen atoms in total. The van der Waals surface area contributed by atoms with E-state index in [-0.39, 0.29) is 0 Å². The summed E-state index contributed by atoms with van der Waals surface area (Å²) in [5, 5.41) is 36.6. The second kappa shape index (κ2) is 4.32. The Kier molecular flexibility index (Phi) is 3.60. The SMILES string of the molecule is CO[C@@H]1C(O)C(O)OC(CO)[C@@H]1O. The molecule has 1 fully saturated rings. The molecule has 1 heterocycles. The third-order valence-corrected chi connectivity index (χ3v) is 2.11. The molecule has 1 aliphatic rings. The smallest absolute Gasteiger partial charge is 0.184 e. The van der Waals surface area contributed by atoms with Crippen LogP contribution in [-0.4, -0.2) is 64.8 Å². The summed E-state index contributed by atoms with van der Waals surface area (Å²) >= 11 is 0. The fourth-order valence-corrected chi connectivity index (χ4v) is 1.35. The lowest BCUT2D eigenvalue weighted by Gasteiger charge is -2.39. The first-order chi connectivity index (χ1) is 6.11. The highest BCUT2D eigenvalue weighted by Crippen LogP contribution is 2.21. The van der Waals surface area contributed by atoms with Crippen LogP contribution in [0.25, 0.3) is 0 Å². The average Bonchev–Trinajstić information content (AvgIpc) is 2.12. The molecule has 0 aromatic heterocycles. The van der Waals surface area contributed by atoms with E-state index in [4.69, 9.17) is 19.7 Å². The highest BCUT2D eigenvalue weighted by molar-refractivity contribution is 4.89. The molecule has 13 heavy (non-hydrogen) atoms. The zero-order chi connectivity index (χ0) is 10.0. The monoisotopic (exact) mass is 194 g/mol. The predicted molar refractivity (Wildman–Crippen MR) is 40.8 cm³/mol. The van der Waals surface area contributed by atoms with Crippen molar-refractivity contribution in [3.63, 3.8) is 0 Å². The van der Waals surface area contributed by atoms with Crippen LogP contribution in [-0.2, 0) is 9.47 Å². The Morgan fingerprint density at radius 3 is 2.31 bits per heavy atom. The highest BCUT2D eigenvalue weighted by Gasteiger charge is 2.43. The van der Waals surface area contributed by atoms with Gasteiger partial charge in [0.25, 0.3) is 0 Å². The molecule has 0 aliphatic carbocycles. The molecule has 0 spiro atoms. The summed E-state index contributed by atoms with van der Waals surface area (Å²) < 4.78 is 9.48. The van der Waals surface area contributed by atoms with Crippen LogP contribution in [0.3, 0.4) is 0 Å². The normalized spacial score (nSPS) is 46.4. The van der Waals surface area contributed by atoms with Crippen molar-refractivity contribution in [2.45, 2.75) is 30.7 Å². The number of aliphatic hydroxyl groups excluding tert-OH is 4. The number of ether oxygens (including phenoxy) is 2. The molecule has 0 bridgehead atoms. The van der Waals surface area contributed by atoms with E-state index in [1.165, 1.54) is 7.11 Å². The lowest BCUT2D eigenvalue weighted by molar-refractivity contribution is -0.290. The minimum absolute atomic E-state index is 0.440. The third-order valence-electron chi connectivity index (χ3n) is 2.11. The Hall–Kier alpha value is -0.240. The van der Waals surface area contributed by atoms with Gasteiger partial charge < -0.3 is 29.9 Å². The number of rotatable bonds is 2. The lowest BCUT2D eigenvalue weighted by atomic mass is 9.99. The van der Waals surface area contributed by atoms with Crippen molar-refractivity contribution < 1.29 is 29.9 Å². The zero-order valence-corrected chi connectivity index (χ0v) is 7.20. The van der Waals surface area contributed by atoms with Crippen molar-refractivity contribution in [2.75, 3.05) is 13.7 Å². The first kappa shape index (κ1) is 10.8. The van der Waals surface area contributed by atoms with Crippen LogP contribution in [0.5, 0.6) is 0 Å². The molecule has 5 atom stereocenters. The summed E-state index contributed by atoms with van der Waals surface area (Å²) in [7, 11) is 1.30. The van der Waals surface area contributed by atoms with E-state index < -0.39 is 37.3 Å². The van der Waals surface area contributed by atoms with E-state index in [1.807, 2.05) is 0 Å². The van der Waals surface area contributed by atoms with Gasteiger partial charge in [0.2, 0.25) is 0 Å². The van der Waals surface area contributed by atoms with Crippen LogP contribution in [0.1, 0.15) is 0 Å². The minimum Gasteiger partial charge on any atom is -0.394 e. The van der Waals surface area contributed by atoms with Gasteiger partial charge in [-0.25, -0.2) is 0 Å². The van der Waals surface area contributed by atoms with Crippen LogP contribution in [0.4, 0.5) is 0 Å². The van der Waals surface area contributed by atoms with E-state index in [0.717, 1.165) is 0 Å². The van der Waals surface area contributed by atoms with Crippen LogP contribution in [0.2, 0.25) is 0 Å². The van der Waals surface area contributed by atoms with Crippen molar-refractivity contribution in [3.8, 4) is 0 Å². The van der Waals surface area contributed by atoms with E-state index >= 15 is 0 Å². The molecule has 0 radical (unpaired) electrons. The van der Waals surface area contributed by atoms with Crippen LogP contribution in [0.15, 0.2) is 0 Å². The summed E-state index contributed by atoms with van der Waals surface area (Å²) in [6, 6.07) is 0. The summed E-state index contributed by atoms with van der Waals surface area (Å²) in [5.74, 6) is 0. The second-order valence-corrected chi connectivity index (χ2v) is 2.93. The molecular weight excluding hydrogens is 180 g/mol. The largest absolute Gasteiger partial charge is 0.394 e. The van der Waals surface area contributed by atoms with Crippen LogP contribution in [0, 0.1) is 0 Å². The number of aliphatic hydroxyl groups is 4. The fraction of sp³-hybridized carbons (Fsp3) is 1.00. The molecule has 0 aromatic carbocycles. The Bertz CT molecular complexity index is 163. The van der Waals surface area contributed by atoms with E-state index in [0.29, 0.717) is 0 Å². The standard InChI is InChI=1S/C7H14O6/c1-12-6-4(9)3(2-8)13-7(11)5(6)10/h3-11H,2H2,1H3/t3?,4-,5?,6-,7?/m0/s1. The van der Waals surface area contributed by atoms with Gasteiger partial charge in [-0.05, 0) is 0 Å². The van der Waals surface area contributed by atoms with Gasteiger partial charge in [0.1, 0.15) is 24.4 Å². The molecule has 0 saturated carbocycles. The Labute approximate surface area is 75.3 Å². The maximum absolute atomic E-state index is 9.44. The quantitative estimate of drug-likeness (QED) is 0.386. The Morgan fingerprint density at radius 1 is 1.23 bits per heavy atom. The molecule has 1 saturated heterocycles. The molecule has 1 aliphatic heterocycles. The van der Waals surface area contributed by atoms with Gasteiger partial charge in [-0.3, -0.25) is 0 Å². The van der Waals surface area contributed by atoms with Gasteiger partial charge in [-0.1, -0.05) is 0 Å². The van der Waals surface area contributed by atoms with Crippen molar-refractivity contribution in [3.05, 3.63) is 0 Å². The molecule has 0 aromatic rings. The maximum Gasteiger partial charge on any atom is 0.184 e. The molecule has 4 N–H and O–H groups in total. The first-order valence-electron chi connectivity index (χ1n) is 3.95. The first-order valence-corrected chi connectivity index (χ1v) is 3.95. The molecule has 0 amide bonds. The predicted octanol–water partition coefficient (Wildman–Crippen LogP) is -2.57. The van der Waals surface area contributed by atoms with Crippen LogP contribution >= 0.6 is 0 Å².